The molecule has 2 aliphatic heterocycles. The van der Waals surface area contributed by atoms with Crippen molar-refractivity contribution in [2.45, 2.75) is 61.8 Å². The number of aliphatic hydroxyl groups is 1. The van der Waals surface area contributed by atoms with Crippen molar-refractivity contribution in [1.29, 1.82) is 0 Å². The number of unbranched alkanes of at least 4 members (excludes halogenated alkanes) is 2. The number of carbonyl (C=O) groups excluding carboxylic acids is 2. The Morgan fingerprint density at radius 2 is 1.96 bits per heavy atom. The molecule has 1 saturated heterocycles. The van der Waals surface area contributed by atoms with Crippen molar-refractivity contribution in [2.75, 3.05) is 11.5 Å². The summed E-state index contributed by atoms with van der Waals surface area (Å²) < 4.78 is 12.5. The van der Waals surface area contributed by atoms with Gasteiger partial charge < -0.3 is 14.6 Å². The average molecular weight is 662 g/mol. The van der Waals surface area contributed by atoms with Gasteiger partial charge in [-0.1, -0.05) is 84.8 Å². The van der Waals surface area contributed by atoms with E-state index in [1.165, 1.54) is 28.0 Å². The Morgan fingerprint density at radius 3 is 2.78 bits per heavy atom. The van der Waals surface area contributed by atoms with Gasteiger partial charge in [-0.2, -0.15) is 0 Å². The van der Waals surface area contributed by atoms with Crippen LogP contribution in [0.3, 0.4) is 0 Å². The Bertz CT molecular complexity index is 1770. The first-order valence-electron chi connectivity index (χ1n) is 14.9. The minimum Gasteiger partial charge on any atom is -0.507 e. The summed E-state index contributed by atoms with van der Waals surface area (Å²) in [4.78, 5) is 28.8. The van der Waals surface area contributed by atoms with Crippen LogP contribution in [0, 0.1) is 0 Å². The summed E-state index contributed by atoms with van der Waals surface area (Å²) in [6.07, 6.45) is 3.75. The molecule has 232 valence electrons. The molecule has 1 N–H and O–H groups in total. The van der Waals surface area contributed by atoms with Crippen molar-refractivity contribution < 1.29 is 24.2 Å². The van der Waals surface area contributed by atoms with Crippen LogP contribution in [0.25, 0.3) is 5.76 Å². The number of amides is 1. The molecule has 0 unspecified atom stereocenters. The number of benzene rings is 3. The van der Waals surface area contributed by atoms with Crippen LogP contribution in [0.2, 0.25) is 5.02 Å². The fraction of sp³-hybridized carbons (Fsp3) is 0.294. The van der Waals surface area contributed by atoms with Gasteiger partial charge in [0.05, 0.1) is 18.2 Å². The number of aliphatic hydroxyl groups excluding tert-OH is 1. The van der Waals surface area contributed by atoms with E-state index in [9.17, 15) is 14.7 Å². The Kier molecular flexibility index (Phi) is 9.44. The van der Waals surface area contributed by atoms with E-state index >= 15 is 0 Å². The van der Waals surface area contributed by atoms with Crippen LogP contribution in [0.5, 0.6) is 11.5 Å². The SMILES string of the molecule is CCCCCOc1cccc([C@H]2C(=C(O)c3ccc4c(c3)C[C@@H](C)O4)C(=O)C(=O)N2c2nnc(SCc3ccccc3Cl)s2)c1. The summed E-state index contributed by atoms with van der Waals surface area (Å²) in [6, 6.07) is 19.2. The molecule has 45 heavy (non-hydrogen) atoms. The number of ketones is 1. The number of fused-ring (bicyclic) bond motifs is 1. The number of anilines is 1. The molecule has 6 rings (SSSR count). The molecule has 2 aliphatic rings. The minimum absolute atomic E-state index is 0.0180. The average Bonchev–Trinajstić information content (AvgIpc) is 3.73. The second kappa shape index (κ2) is 13.6. The maximum Gasteiger partial charge on any atom is 0.301 e. The van der Waals surface area contributed by atoms with E-state index in [1.54, 1.807) is 12.1 Å². The lowest BCUT2D eigenvalue weighted by atomic mass is 9.94. The van der Waals surface area contributed by atoms with E-state index in [0.717, 1.165) is 36.1 Å². The van der Waals surface area contributed by atoms with Crippen LogP contribution >= 0.6 is 34.7 Å². The molecule has 0 radical (unpaired) electrons. The summed E-state index contributed by atoms with van der Waals surface area (Å²) in [7, 11) is 0. The zero-order chi connectivity index (χ0) is 31.5. The Hall–Kier alpha value is -3.86. The van der Waals surface area contributed by atoms with Crippen molar-refractivity contribution in [3.8, 4) is 11.5 Å². The molecule has 4 aromatic rings. The number of hydrogen-bond acceptors (Lipinski definition) is 9. The number of ether oxygens (including phenoxy) is 2. The van der Waals surface area contributed by atoms with Gasteiger partial charge in [-0.05, 0) is 66.4 Å². The lowest BCUT2D eigenvalue weighted by Gasteiger charge is -2.23. The molecule has 0 aliphatic carbocycles. The maximum atomic E-state index is 13.7. The fourth-order valence-electron chi connectivity index (χ4n) is 5.50. The summed E-state index contributed by atoms with van der Waals surface area (Å²) in [5.74, 6) is 0.0976. The first-order chi connectivity index (χ1) is 21.8. The van der Waals surface area contributed by atoms with E-state index in [4.69, 9.17) is 21.1 Å². The van der Waals surface area contributed by atoms with Gasteiger partial charge >= 0.3 is 5.91 Å². The summed E-state index contributed by atoms with van der Waals surface area (Å²) in [5, 5.41) is 21.2. The molecule has 2 atom stereocenters. The highest BCUT2D eigenvalue weighted by Crippen LogP contribution is 2.45. The molecule has 8 nitrogen and oxygen atoms in total. The number of aromatic nitrogens is 2. The molecule has 0 bridgehead atoms. The van der Waals surface area contributed by atoms with Crippen LogP contribution in [-0.4, -0.2) is 39.7 Å². The molecular formula is C34H32ClN3O5S2. The zero-order valence-electron chi connectivity index (χ0n) is 24.9. The molecule has 1 fully saturated rings. The lowest BCUT2D eigenvalue weighted by Crippen LogP contribution is -2.29. The standard InChI is InChI=1S/C34H32ClN3O5S2/c1-3-4-7-15-42-25-11-8-10-21(18-25)29-28(30(39)22-13-14-27-24(17-22)16-20(2)43-27)31(40)32(41)38(29)33-36-37-34(45-33)44-19-23-9-5-6-12-26(23)35/h5-6,8-14,17-18,20,29,39H,3-4,7,15-16,19H2,1-2H3/t20-,29+/m1/s1. The molecular weight excluding hydrogens is 630 g/mol. The largest absolute Gasteiger partial charge is 0.507 e. The number of rotatable bonds is 11. The number of halogens is 1. The van der Waals surface area contributed by atoms with Crippen molar-refractivity contribution in [3.05, 3.63) is 99.6 Å². The van der Waals surface area contributed by atoms with Gasteiger partial charge in [0.1, 0.15) is 23.4 Å². The molecule has 0 spiro atoms. The fourth-order valence-corrected chi connectivity index (χ4v) is 7.65. The molecule has 3 heterocycles. The number of hydrogen-bond donors (Lipinski definition) is 1. The van der Waals surface area contributed by atoms with Crippen molar-refractivity contribution in [1.82, 2.24) is 10.2 Å². The number of Topliss-reactive ketones (excluding diaryl/α,β-unsaturated/α-hetero) is 1. The van der Waals surface area contributed by atoms with E-state index in [1.807, 2.05) is 61.5 Å². The Labute approximate surface area is 275 Å². The molecule has 1 amide bonds. The molecule has 3 aromatic carbocycles. The van der Waals surface area contributed by atoms with Gasteiger partial charge in [0.2, 0.25) is 5.13 Å². The van der Waals surface area contributed by atoms with Gasteiger partial charge in [-0.25, -0.2) is 0 Å². The highest BCUT2D eigenvalue weighted by atomic mass is 35.5. The first-order valence-corrected chi connectivity index (χ1v) is 17.1. The predicted octanol–water partition coefficient (Wildman–Crippen LogP) is 8.00. The summed E-state index contributed by atoms with van der Waals surface area (Å²) in [5.41, 5.74) is 2.92. The molecule has 0 saturated carbocycles. The van der Waals surface area contributed by atoms with Crippen LogP contribution in [-0.2, 0) is 21.8 Å². The van der Waals surface area contributed by atoms with Gasteiger partial charge in [0, 0.05) is 22.8 Å². The minimum atomic E-state index is -0.943. The Balaban J connectivity index is 1.38. The third kappa shape index (κ3) is 6.59. The van der Waals surface area contributed by atoms with Crippen LogP contribution in [0.4, 0.5) is 5.13 Å². The van der Waals surface area contributed by atoms with Crippen LogP contribution < -0.4 is 14.4 Å². The lowest BCUT2D eigenvalue weighted by molar-refractivity contribution is -0.132. The van der Waals surface area contributed by atoms with E-state index in [0.29, 0.717) is 45.0 Å². The van der Waals surface area contributed by atoms with Crippen LogP contribution in [0.1, 0.15) is 61.4 Å². The maximum absolute atomic E-state index is 13.7. The second-order valence-electron chi connectivity index (χ2n) is 11.0. The normalized spacial score (nSPS) is 18.7. The van der Waals surface area contributed by atoms with Gasteiger partial charge in [0.15, 0.2) is 4.34 Å². The third-order valence-electron chi connectivity index (χ3n) is 7.72. The zero-order valence-corrected chi connectivity index (χ0v) is 27.3. The van der Waals surface area contributed by atoms with E-state index in [-0.39, 0.29) is 22.6 Å². The Morgan fingerprint density at radius 1 is 1.11 bits per heavy atom. The number of carbonyl (C=O) groups is 2. The van der Waals surface area contributed by atoms with Gasteiger partial charge in [0.25, 0.3) is 5.78 Å². The van der Waals surface area contributed by atoms with Gasteiger partial charge in [-0.15, -0.1) is 10.2 Å². The van der Waals surface area contributed by atoms with E-state index in [2.05, 4.69) is 17.1 Å². The number of thioether (sulfide) groups is 1. The molecule has 11 heteroatoms. The highest BCUT2D eigenvalue weighted by Gasteiger charge is 2.48. The predicted molar refractivity (Wildman–Crippen MR) is 177 cm³/mol. The molecule has 1 aromatic heterocycles. The second-order valence-corrected chi connectivity index (χ2v) is 13.6. The topological polar surface area (TPSA) is 102 Å². The van der Waals surface area contributed by atoms with Gasteiger partial charge in [-0.3, -0.25) is 14.5 Å². The first kappa shape index (κ1) is 31.1. The summed E-state index contributed by atoms with van der Waals surface area (Å²) in [6.45, 7) is 4.66. The third-order valence-corrected chi connectivity index (χ3v) is 10.2. The number of nitrogens with zero attached hydrogens (tertiary/aromatic N) is 3. The summed E-state index contributed by atoms with van der Waals surface area (Å²) >= 11 is 8.98. The monoisotopic (exact) mass is 661 g/mol. The van der Waals surface area contributed by atoms with Crippen molar-refractivity contribution >= 4 is 57.3 Å². The highest BCUT2D eigenvalue weighted by molar-refractivity contribution is 8.00. The van der Waals surface area contributed by atoms with Crippen LogP contribution in [0.15, 0.2) is 76.6 Å². The quantitative estimate of drug-likeness (QED) is 0.0431. The van der Waals surface area contributed by atoms with E-state index < -0.39 is 17.7 Å². The smallest absolute Gasteiger partial charge is 0.301 e. The van der Waals surface area contributed by atoms with Crippen molar-refractivity contribution in [2.24, 2.45) is 0 Å². The van der Waals surface area contributed by atoms with Crippen molar-refractivity contribution in [3.63, 3.8) is 0 Å².